The van der Waals surface area contributed by atoms with Gasteiger partial charge >= 0.3 is 47.3 Å². The second kappa shape index (κ2) is 3.57. The van der Waals surface area contributed by atoms with Crippen LogP contribution in [-0.2, 0) is 20.9 Å². The van der Waals surface area contributed by atoms with Gasteiger partial charge in [0.15, 0.2) is 0 Å². The molecule has 4 heteroatoms. The first-order valence-corrected chi connectivity index (χ1v) is 7.61. The van der Waals surface area contributed by atoms with Crippen LogP contribution in [0, 0.1) is 0 Å². The van der Waals surface area contributed by atoms with E-state index in [2.05, 4.69) is 0 Å². The number of nitrogens with two attached hydrogens (primary N) is 1. The van der Waals surface area contributed by atoms with Gasteiger partial charge in [0.1, 0.15) is 0 Å². The number of rotatable bonds is 2. The summed E-state index contributed by atoms with van der Waals surface area (Å²) in [6.07, 6.45) is 0. The predicted molar refractivity (Wildman–Crippen MR) is 19.9 cm³/mol. The Bertz CT molecular complexity index is 57.5. The van der Waals surface area contributed by atoms with Gasteiger partial charge in [-0.15, -0.1) is 0 Å². The fourth-order valence-electron chi connectivity index (χ4n) is 0.0931. The molecule has 0 unspecified atom stereocenters. The zero-order chi connectivity index (χ0) is 4.99. The summed E-state index contributed by atoms with van der Waals surface area (Å²) in [4.78, 5) is 9.78. The van der Waals surface area contributed by atoms with Gasteiger partial charge in [0.25, 0.3) is 0 Å². The molecular formula is C2H4ClNOZn. The molecule has 0 saturated heterocycles. The van der Waals surface area contributed by atoms with E-state index < -0.39 is 16.1 Å². The Kier molecular flexibility index (Phi) is 3.80. The van der Waals surface area contributed by atoms with Crippen LogP contribution in [0.5, 0.6) is 0 Å². The zero-order valence-corrected chi connectivity index (χ0v) is 7.00. The zero-order valence-electron chi connectivity index (χ0n) is 3.28. The molecule has 1 amide bonds. The van der Waals surface area contributed by atoms with Crippen molar-refractivity contribution in [1.82, 2.24) is 0 Å². The van der Waals surface area contributed by atoms with Crippen molar-refractivity contribution < 1.29 is 20.9 Å². The molecule has 0 aromatic carbocycles. The normalized spacial score (nSPS) is 6.83. The summed E-state index contributed by atoms with van der Waals surface area (Å²) in [5.74, 6) is -0.259. The SMILES string of the molecule is NC(=O)[CH2][Zn][Cl]. The van der Waals surface area contributed by atoms with Crippen LogP contribution < -0.4 is 5.73 Å². The van der Waals surface area contributed by atoms with Crippen molar-refractivity contribution in [2.45, 2.75) is 5.02 Å². The molecule has 0 spiro atoms. The Labute approximate surface area is 47.7 Å². The average Bonchev–Trinajstić information content (AvgIpc) is 1.35. The first kappa shape index (κ1) is 6.38. The Hall–Kier alpha value is 0.383. The van der Waals surface area contributed by atoms with Gasteiger partial charge in [-0.25, -0.2) is 0 Å². The molecule has 0 bridgehead atoms. The summed E-state index contributed by atoms with van der Waals surface area (Å²) in [5, 5.41) is 0.467. The van der Waals surface area contributed by atoms with E-state index in [9.17, 15) is 4.79 Å². The quantitative estimate of drug-likeness (QED) is 0.571. The van der Waals surface area contributed by atoms with Crippen LogP contribution in [0.3, 0.4) is 0 Å². The molecular weight excluding hydrogens is 155 g/mol. The molecule has 0 fully saturated rings. The molecule has 2 N–H and O–H groups in total. The number of hydrogen-bond donors (Lipinski definition) is 1. The van der Waals surface area contributed by atoms with Crippen LogP contribution in [0.1, 0.15) is 0 Å². The van der Waals surface area contributed by atoms with Crippen LogP contribution in [0.15, 0.2) is 0 Å². The van der Waals surface area contributed by atoms with Crippen LogP contribution in [0.25, 0.3) is 0 Å². The summed E-state index contributed by atoms with van der Waals surface area (Å²) in [6.45, 7) is 0. The second-order valence-electron chi connectivity index (χ2n) is 0.905. The van der Waals surface area contributed by atoms with E-state index in [0.29, 0.717) is 5.02 Å². The van der Waals surface area contributed by atoms with Gasteiger partial charge in [-0.3, -0.25) is 0 Å². The molecule has 6 heavy (non-hydrogen) atoms. The van der Waals surface area contributed by atoms with E-state index in [4.69, 9.17) is 15.4 Å². The summed E-state index contributed by atoms with van der Waals surface area (Å²) in [5.41, 5.74) is 4.73. The van der Waals surface area contributed by atoms with E-state index >= 15 is 0 Å². The van der Waals surface area contributed by atoms with Gasteiger partial charge in [0.05, 0.1) is 0 Å². The molecule has 0 atom stereocenters. The van der Waals surface area contributed by atoms with Gasteiger partial charge in [0.2, 0.25) is 0 Å². The molecule has 0 radical (unpaired) electrons. The first-order chi connectivity index (χ1) is 2.77. The minimum absolute atomic E-state index is 0.259. The minimum atomic E-state index is -0.973. The fraction of sp³-hybridized carbons (Fsp3) is 0.500. The third-order valence-corrected chi connectivity index (χ3v) is 2.75. The standard InChI is InChI=1S/C2H4NO.ClH.Zn/c1-2(3)4;;/h1H2,(H2,3,4);1H;/q;;+1/p-1. The van der Waals surface area contributed by atoms with E-state index in [1.54, 1.807) is 0 Å². The average molecular weight is 159 g/mol. The molecule has 2 nitrogen and oxygen atoms in total. The molecule has 0 aliphatic heterocycles. The van der Waals surface area contributed by atoms with Crippen molar-refractivity contribution in [3.05, 3.63) is 0 Å². The van der Waals surface area contributed by atoms with Crippen LogP contribution in [0.2, 0.25) is 5.02 Å². The van der Waals surface area contributed by atoms with Gasteiger partial charge < -0.3 is 0 Å². The Morgan fingerprint density at radius 3 is 2.50 bits per heavy atom. The number of hydrogen-bond acceptors (Lipinski definition) is 1. The second-order valence-corrected chi connectivity index (χ2v) is 4.71. The van der Waals surface area contributed by atoms with E-state index in [-0.39, 0.29) is 5.91 Å². The van der Waals surface area contributed by atoms with Gasteiger partial charge in [-0.2, -0.15) is 0 Å². The molecule has 0 aliphatic rings. The predicted octanol–water partition coefficient (Wildman–Crippen LogP) is 0.126. The Morgan fingerprint density at radius 1 is 2.00 bits per heavy atom. The van der Waals surface area contributed by atoms with Crippen LogP contribution in [0.4, 0.5) is 0 Å². The molecule has 0 saturated carbocycles. The summed E-state index contributed by atoms with van der Waals surface area (Å²) in [6, 6.07) is 0. The molecule has 0 rings (SSSR count). The number of halogens is 1. The molecule has 0 aliphatic carbocycles. The van der Waals surface area contributed by atoms with Crippen LogP contribution in [-0.4, -0.2) is 5.91 Å². The fourth-order valence-corrected chi connectivity index (χ4v) is 1.45. The maximum absolute atomic E-state index is 9.78. The molecule has 0 heterocycles. The monoisotopic (exact) mass is 157 g/mol. The van der Waals surface area contributed by atoms with Crippen molar-refractivity contribution >= 4 is 15.6 Å². The molecule has 0 aromatic rings. The number of carbonyl (C=O) groups excluding carboxylic acids is 1. The third kappa shape index (κ3) is 4.38. The van der Waals surface area contributed by atoms with E-state index in [1.165, 1.54) is 0 Å². The maximum atomic E-state index is 9.78. The summed E-state index contributed by atoms with van der Waals surface area (Å²) >= 11 is -0.973. The van der Waals surface area contributed by atoms with E-state index in [0.717, 1.165) is 0 Å². The van der Waals surface area contributed by atoms with Crippen molar-refractivity contribution in [3.8, 4) is 0 Å². The summed E-state index contributed by atoms with van der Waals surface area (Å²) in [7, 11) is 5.28. The number of primary amides is 1. The van der Waals surface area contributed by atoms with Gasteiger partial charge in [0, 0.05) is 0 Å². The summed E-state index contributed by atoms with van der Waals surface area (Å²) < 4.78 is 0. The molecule has 32 valence electrons. The third-order valence-electron chi connectivity index (χ3n) is 0.341. The Balaban J connectivity index is 2.83. The Morgan fingerprint density at radius 2 is 2.50 bits per heavy atom. The van der Waals surface area contributed by atoms with Crippen molar-refractivity contribution in [1.29, 1.82) is 0 Å². The van der Waals surface area contributed by atoms with Gasteiger partial charge in [-0.05, 0) is 0 Å². The van der Waals surface area contributed by atoms with Crippen molar-refractivity contribution in [3.63, 3.8) is 0 Å². The van der Waals surface area contributed by atoms with Crippen LogP contribution >= 0.6 is 9.69 Å². The number of carbonyl (C=O) groups is 1. The molecule has 0 aromatic heterocycles. The van der Waals surface area contributed by atoms with Crippen molar-refractivity contribution in [2.75, 3.05) is 0 Å². The van der Waals surface area contributed by atoms with Gasteiger partial charge in [-0.1, -0.05) is 0 Å². The van der Waals surface area contributed by atoms with Crippen molar-refractivity contribution in [2.24, 2.45) is 5.73 Å². The number of amides is 1. The first-order valence-electron chi connectivity index (χ1n) is 1.61. The topological polar surface area (TPSA) is 43.1 Å². The van der Waals surface area contributed by atoms with E-state index in [1.807, 2.05) is 0 Å².